The van der Waals surface area contributed by atoms with Crippen molar-refractivity contribution >= 4 is 11.7 Å². The number of nitrogens with zero attached hydrogens (tertiary/aromatic N) is 1. The third-order valence-electron chi connectivity index (χ3n) is 6.72. The molecule has 13 nitrogen and oxygen atoms in total. The van der Waals surface area contributed by atoms with Crippen molar-refractivity contribution in [1.82, 2.24) is 4.90 Å². The van der Waals surface area contributed by atoms with E-state index in [0.717, 1.165) is 25.7 Å². The summed E-state index contributed by atoms with van der Waals surface area (Å²) in [5.74, 6) is 0.140. The highest BCUT2D eigenvalue weighted by Gasteiger charge is 2.21. The van der Waals surface area contributed by atoms with Crippen LogP contribution in [0.2, 0.25) is 0 Å². The molecule has 0 aliphatic heterocycles. The lowest BCUT2D eigenvalue weighted by Gasteiger charge is -2.20. The third kappa shape index (κ3) is 20.5. The van der Waals surface area contributed by atoms with Crippen molar-refractivity contribution in [2.75, 3.05) is 106 Å². The Labute approximate surface area is 267 Å². The summed E-state index contributed by atoms with van der Waals surface area (Å²) in [6, 6.07) is 0. The Hall–Kier alpha value is -2.26. The molecule has 2 N–H and O–H groups in total. The van der Waals surface area contributed by atoms with Gasteiger partial charge in [0.05, 0.1) is 66.0 Å². The van der Waals surface area contributed by atoms with Crippen LogP contribution in [0.5, 0.6) is 5.75 Å². The summed E-state index contributed by atoms with van der Waals surface area (Å²) in [7, 11) is 0. The first-order chi connectivity index (χ1) is 21.9. The van der Waals surface area contributed by atoms with Crippen molar-refractivity contribution in [3.63, 3.8) is 0 Å². The first kappa shape index (κ1) is 40.8. The third-order valence-corrected chi connectivity index (χ3v) is 6.72. The summed E-state index contributed by atoms with van der Waals surface area (Å²) in [5, 5.41) is 0. The fraction of sp³-hybridized carbons (Fsp3) is 0.812. The molecule has 0 saturated carbocycles. The minimum Gasteiger partial charge on any atom is -0.489 e. The van der Waals surface area contributed by atoms with Crippen LogP contribution in [-0.2, 0) is 44.4 Å². The van der Waals surface area contributed by atoms with Gasteiger partial charge in [-0.1, -0.05) is 0 Å². The maximum atomic E-state index is 12.3. The van der Waals surface area contributed by atoms with Gasteiger partial charge in [-0.3, -0.25) is 19.2 Å². The second-order valence-electron chi connectivity index (χ2n) is 10.5. The molecule has 0 fully saturated rings. The summed E-state index contributed by atoms with van der Waals surface area (Å²) in [4.78, 5) is 48.9. The number of rotatable bonds is 33. The molecule has 0 unspecified atom stereocenters. The minimum absolute atomic E-state index is 0.0396. The molecule has 0 bridgehead atoms. The Balaban J connectivity index is 1.91. The zero-order valence-corrected chi connectivity index (χ0v) is 27.5. The van der Waals surface area contributed by atoms with Gasteiger partial charge in [-0.25, -0.2) is 0 Å². The van der Waals surface area contributed by atoms with Crippen molar-refractivity contribution < 1.29 is 42.7 Å². The van der Waals surface area contributed by atoms with Gasteiger partial charge in [-0.2, -0.15) is 0 Å². The number of Topliss-reactive ketones (excluding diaryl/α,β-unsaturated/α-hetero) is 1. The van der Waals surface area contributed by atoms with Gasteiger partial charge in [0.1, 0.15) is 0 Å². The first-order valence-corrected chi connectivity index (χ1v) is 16.3. The molecule has 0 heterocycles. The van der Waals surface area contributed by atoms with Gasteiger partial charge in [0.15, 0.2) is 11.5 Å². The molecule has 1 rings (SSSR count). The quantitative estimate of drug-likeness (QED) is 0.0867. The standard InChI is InChI=1S/C32H56N2O11/c1-3-45-32-29(30(37)31(32)38)11-5-7-15-40-19-23-44-25-21-42-17-9-13-34(27(2)35)26-28(36)10-4-6-14-39-18-22-43-24-20-41-16-8-12-33/h3-26,33H2,1-2H3. The molecule has 1 amide bonds. The molecule has 1 aromatic carbocycles. The van der Waals surface area contributed by atoms with E-state index >= 15 is 0 Å². The zero-order chi connectivity index (χ0) is 33.0. The highest BCUT2D eigenvalue weighted by atomic mass is 16.5. The Kier molecular flexibility index (Phi) is 25.4. The van der Waals surface area contributed by atoms with E-state index in [1.165, 1.54) is 6.92 Å². The number of ketones is 1. The molecule has 0 radical (unpaired) electrons. The van der Waals surface area contributed by atoms with Crippen molar-refractivity contribution in [2.24, 2.45) is 5.73 Å². The van der Waals surface area contributed by atoms with E-state index < -0.39 is 10.9 Å². The van der Waals surface area contributed by atoms with Crippen LogP contribution in [-0.4, -0.2) is 122 Å². The lowest BCUT2D eigenvalue weighted by Crippen LogP contribution is -2.37. The Morgan fingerprint density at radius 1 is 0.644 bits per heavy atom. The molecule has 260 valence electrons. The smallest absolute Gasteiger partial charge is 0.268 e. The van der Waals surface area contributed by atoms with Gasteiger partial charge in [0, 0.05) is 51.9 Å². The normalized spacial score (nSPS) is 11.4. The number of hydrogen-bond acceptors (Lipinski definition) is 12. The largest absolute Gasteiger partial charge is 0.489 e. The van der Waals surface area contributed by atoms with Crippen molar-refractivity contribution in [2.45, 2.75) is 65.2 Å². The van der Waals surface area contributed by atoms with E-state index in [0.29, 0.717) is 130 Å². The predicted molar refractivity (Wildman–Crippen MR) is 170 cm³/mol. The van der Waals surface area contributed by atoms with Gasteiger partial charge in [0.2, 0.25) is 11.3 Å². The van der Waals surface area contributed by atoms with Gasteiger partial charge in [-0.05, 0) is 58.4 Å². The second kappa shape index (κ2) is 28.0. The van der Waals surface area contributed by atoms with E-state index in [1.54, 1.807) is 11.8 Å². The van der Waals surface area contributed by atoms with E-state index in [4.69, 9.17) is 38.9 Å². The average molecular weight is 645 g/mol. The summed E-state index contributed by atoms with van der Waals surface area (Å²) in [6.07, 6.45) is 5.44. The van der Waals surface area contributed by atoms with Crippen molar-refractivity contribution in [3.05, 3.63) is 26.0 Å². The average Bonchev–Trinajstić information content (AvgIpc) is 3.03. The van der Waals surface area contributed by atoms with Crippen LogP contribution in [0.25, 0.3) is 0 Å². The molecule has 13 heteroatoms. The number of hydrogen-bond donors (Lipinski definition) is 1. The van der Waals surface area contributed by atoms with Crippen LogP contribution in [0.1, 0.15) is 64.4 Å². The lowest BCUT2D eigenvalue weighted by molar-refractivity contribution is -0.133. The molecule has 0 atom stereocenters. The monoisotopic (exact) mass is 644 g/mol. The molecular weight excluding hydrogens is 588 g/mol. The second-order valence-corrected chi connectivity index (χ2v) is 10.5. The minimum atomic E-state index is -0.519. The topological polar surface area (TPSA) is 162 Å². The fourth-order valence-electron chi connectivity index (χ4n) is 4.24. The summed E-state index contributed by atoms with van der Waals surface area (Å²) in [5.41, 5.74) is 4.94. The van der Waals surface area contributed by atoms with Crippen LogP contribution >= 0.6 is 0 Å². The molecule has 0 aliphatic carbocycles. The number of ether oxygens (including phenoxy) is 7. The van der Waals surface area contributed by atoms with Crippen LogP contribution in [0.4, 0.5) is 0 Å². The molecule has 0 aliphatic rings. The number of amides is 1. The molecule has 45 heavy (non-hydrogen) atoms. The molecule has 0 aromatic heterocycles. The molecule has 0 spiro atoms. The van der Waals surface area contributed by atoms with Gasteiger partial charge in [0.25, 0.3) is 5.43 Å². The van der Waals surface area contributed by atoms with Crippen molar-refractivity contribution in [1.29, 1.82) is 0 Å². The maximum absolute atomic E-state index is 12.3. The van der Waals surface area contributed by atoms with E-state index in [-0.39, 0.29) is 24.0 Å². The van der Waals surface area contributed by atoms with Crippen LogP contribution in [0.3, 0.4) is 0 Å². The first-order valence-electron chi connectivity index (χ1n) is 16.3. The highest BCUT2D eigenvalue weighted by molar-refractivity contribution is 5.85. The van der Waals surface area contributed by atoms with Crippen molar-refractivity contribution in [3.8, 4) is 5.75 Å². The predicted octanol–water partition coefficient (Wildman–Crippen LogP) is 1.43. The SMILES string of the molecule is CCOc1c(CCCCOCCOCCOCCCN(CC(=O)CCCCOCCOCCOCCCN)C(C)=O)c(=O)c1=O. The van der Waals surface area contributed by atoms with Gasteiger partial charge in [-0.15, -0.1) is 0 Å². The summed E-state index contributed by atoms with van der Waals surface area (Å²) < 4.78 is 38.1. The van der Waals surface area contributed by atoms with Crippen LogP contribution in [0, 0.1) is 0 Å². The summed E-state index contributed by atoms with van der Waals surface area (Å²) in [6.45, 7) is 10.9. The van der Waals surface area contributed by atoms with Crippen LogP contribution in [0.15, 0.2) is 9.59 Å². The Morgan fingerprint density at radius 2 is 1.13 bits per heavy atom. The zero-order valence-electron chi connectivity index (χ0n) is 27.5. The number of nitrogens with two attached hydrogens (primary N) is 1. The number of carbonyl (C=O) groups excluding carboxylic acids is 2. The number of carbonyl (C=O) groups is 2. The molecule has 0 saturated heterocycles. The Morgan fingerprint density at radius 3 is 1.64 bits per heavy atom. The number of unbranched alkanes of at least 4 members (excludes halogenated alkanes) is 2. The van der Waals surface area contributed by atoms with Gasteiger partial charge >= 0.3 is 0 Å². The van der Waals surface area contributed by atoms with E-state index in [1.807, 2.05) is 0 Å². The van der Waals surface area contributed by atoms with E-state index in [2.05, 4.69) is 0 Å². The summed E-state index contributed by atoms with van der Waals surface area (Å²) >= 11 is 0. The van der Waals surface area contributed by atoms with Crippen LogP contribution < -0.4 is 21.3 Å². The van der Waals surface area contributed by atoms with E-state index in [9.17, 15) is 19.2 Å². The Bertz CT molecular complexity index is 966. The van der Waals surface area contributed by atoms with Gasteiger partial charge < -0.3 is 43.8 Å². The fourth-order valence-corrected chi connectivity index (χ4v) is 4.24. The maximum Gasteiger partial charge on any atom is 0.268 e. The molecular formula is C32H56N2O11. The molecule has 1 aromatic rings. The highest BCUT2D eigenvalue weighted by Crippen LogP contribution is 2.14. The lowest BCUT2D eigenvalue weighted by atomic mass is 10.0.